The summed E-state index contributed by atoms with van der Waals surface area (Å²) in [6.07, 6.45) is 1.98. The highest BCUT2D eigenvalue weighted by Gasteiger charge is 2.37. The first-order valence-electron chi connectivity index (χ1n) is 9.41. The topological polar surface area (TPSA) is 67.9 Å². The lowest BCUT2D eigenvalue weighted by molar-refractivity contribution is -0.139. The molecule has 1 N–H and O–H groups in total. The molecule has 1 heterocycles. The van der Waals surface area contributed by atoms with Crippen molar-refractivity contribution in [2.45, 2.75) is 17.9 Å². The number of likely N-dealkylation sites (N-methyl/N-ethyl adjacent to an activating group) is 1. The molecule has 2 aromatic carbocycles. The molecule has 1 atom stereocenters. The summed E-state index contributed by atoms with van der Waals surface area (Å²) in [6, 6.07) is 12.0. The van der Waals surface area contributed by atoms with Gasteiger partial charge in [0, 0.05) is 11.9 Å². The van der Waals surface area contributed by atoms with E-state index in [4.69, 9.17) is 9.47 Å². The van der Waals surface area contributed by atoms with Crippen LogP contribution in [0, 0.1) is 5.82 Å². The lowest BCUT2D eigenvalue weighted by Crippen LogP contribution is -2.48. The standard InChI is InChI=1S/C22H23FN2O4S/c1-4-28-21(26)19-18(13-29-16-9-11-17(30-3)12-10-16)25(2)22(27)24-20(19)14-5-7-15(23)8-6-14/h5-12,20H,4,13H2,1-3H3,(H,24,27)/t20-/m0/s1. The van der Waals surface area contributed by atoms with E-state index < -0.39 is 23.9 Å². The van der Waals surface area contributed by atoms with Gasteiger partial charge in [-0.15, -0.1) is 11.8 Å². The summed E-state index contributed by atoms with van der Waals surface area (Å²) < 4.78 is 24.5. The van der Waals surface area contributed by atoms with Crippen LogP contribution in [0.5, 0.6) is 5.75 Å². The molecule has 0 radical (unpaired) electrons. The Kier molecular flexibility index (Phi) is 6.99. The van der Waals surface area contributed by atoms with E-state index in [1.165, 1.54) is 29.2 Å². The third-order valence-electron chi connectivity index (χ3n) is 4.71. The van der Waals surface area contributed by atoms with Crippen molar-refractivity contribution in [3.63, 3.8) is 0 Å². The van der Waals surface area contributed by atoms with Crippen molar-refractivity contribution in [3.8, 4) is 5.75 Å². The van der Waals surface area contributed by atoms with Gasteiger partial charge in [-0.3, -0.25) is 4.90 Å². The summed E-state index contributed by atoms with van der Waals surface area (Å²) in [5.41, 5.74) is 1.22. The first kappa shape index (κ1) is 21.7. The Labute approximate surface area is 179 Å². The third-order valence-corrected chi connectivity index (χ3v) is 5.45. The summed E-state index contributed by atoms with van der Waals surface area (Å²) >= 11 is 1.62. The van der Waals surface area contributed by atoms with Crippen LogP contribution in [-0.2, 0) is 9.53 Å². The number of rotatable bonds is 7. The normalized spacial score (nSPS) is 16.3. The van der Waals surface area contributed by atoms with Crippen molar-refractivity contribution in [3.05, 3.63) is 71.2 Å². The van der Waals surface area contributed by atoms with Gasteiger partial charge in [0.1, 0.15) is 18.2 Å². The molecular formula is C22H23FN2O4S. The monoisotopic (exact) mass is 430 g/mol. The number of esters is 1. The number of carbonyl (C=O) groups is 2. The fraction of sp³-hybridized carbons (Fsp3) is 0.273. The average Bonchev–Trinajstić information content (AvgIpc) is 2.75. The molecule has 0 saturated carbocycles. The minimum absolute atomic E-state index is 0.00558. The molecule has 0 aliphatic carbocycles. The van der Waals surface area contributed by atoms with Gasteiger partial charge in [0.25, 0.3) is 0 Å². The van der Waals surface area contributed by atoms with Crippen LogP contribution >= 0.6 is 11.8 Å². The number of hydrogen-bond donors (Lipinski definition) is 1. The molecule has 1 aliphatic heterocycles. The van der Waals surface area contributed by atoms with Gasteiger partial charge < -0.3 is 14.8 Å². The van der Waals surface area contributed by atoms with Gasteiger partial charge in [-0.25, -0.2) is 14.0 Å². The van der Waals surface area contributed by atoms with Gasteiger partial charge in [0.05, 0.1) is 23.9 Å². The van der Waals surface area contributed by atoms with E-state index in [2.05, 4.69) is 5.32 Å². The van der Waals surface area contributed by atoms with Crippen molar-refractivity contribution in [2.24, 2.45) is 0 Å². The first-order chi connectivity index (χ1) is 14.4. The fourth-order valence-corrected chi connectivity index (χ4v) is 3.52. The van der Waals surface area contributed by atoms with Crippen molar-refractivity contribution in [2.75, 3.05) is 26.5 Å². The van der Waals surface area contributed by atoms with E-state index in [1.807, 2.05) is 30.5 Å². The Balaban J connectivity index is 1.98. The van der Waals surface area contributed by atoms with E-state index in [-0.39, 0.29) is 18.8 Å². The average molecular weight is 431 g/mol. The quantitative estimate of drug-likeness (QED) is 0.528. The first-order valence-corrected chi connectivity index (χ1v) is 10.6. The Morgan fingerprint density at radius 3 is 2.43 bits per heavy atom. The van der Waals surface area contributed by atoms with Crippen molar-refractivity contribution in [1.82, 2.24) is 10.2 Å². The van der Waals surface area contributed by atoms with Crippen LogP contribution in [0.3, 0.4) is 0 Å². The number of nitrogens with one attached hydrogen (secondary N) is 1. The lowest BCUT2D eigenvalue weighted by atomic mass is 9.94. The van der Waals surface area contributed by atoms with Gasteiger partial charge in [0.2, 0.25) is 0 Å². The molecule has 2 aromatic rings. The van der Waals surface area contributed by atoms with Crippen LogP contribution in [0.2, 0.25) is 0 Å². The maximum absolute atomic E-state index is 13.4. The largest absolute Gasteiger partial charge is 0.487 e. The van der Waals surface area contributed by atoms with E-state index >= 15 is 0 Å². The van der Waals surface area contributed by atoms with Crippen LogP contribution in [0.15, 0.2) is 64.7 Å². The van der Waals surface area contributed by atoms with Crippen LogP contribution in [0.1, 0.15) is 18.5 Å². The molecule has 158 valence electrons. The highest BCUT2D eigenvalue weighted by Crippen LogP contribution is 2.31. The molecule has 30 heavy (non-hydrogen) atoms. The number of ether oxygens (including phenoxy) is 2. The molecule has 1 aliphatic rings. The minimum Gasteiger partial charge on any atom is -0.487 e. The van der Waals surface area contributed by atoms with Crippen molar-refractivity contribution in [1.29, 1.82) is 0 Å². The smallest absolute Gasteiger partial charge is 0.338 e. The molecule has 0 saturated heterocycles. The van der Waals surface area contributed by atoms with Gasteiger partial charge in [-0.2, -0.15) is 0 Å². The number of benzene rings is 2. The molecular weight excluding hydrogens is 407 g/mol. The minimum atomic E-state index is -0.772. The number of hydrogen-bond acceptors (Lipinski definition) is 5. The summed E-state index contributed by atoms with van der Waals surface area (Å²) in [5, 5.41) is 2.78. The predicted molar refractivity (Wildman–Crippen MR) is 113 cm³/mol. The predicted octanol–water partition coefficient (Wildman–Crippen LogP) is 4.14. The van der Waals surface area contributed by atoms with Gasteiger partial charge in [-0.05, 0) is 55.1 Å². The second kappa shape index (κ2) is 9.67. The summed E-state index contributed by atoms with van der Waals surface area (Å²) in [7, 11) is 1.56. The summed E-state index contributed by atoms with van der Waals surface area (Å²) in [4.78, 5) is 27.8. The number of halogens is 1. The maximum Gasteiger partial charge on any atom is 0.338 e. The molecule has 0 aromatic heterocycles. The van der Waals surface area contributed by atoms with E-state index in [1.54, 1.807) is 25.7 Å². The zero-order valence-electron chi connectivity index (χ0n) is 17.0. The van der Waals surface area contributed by atoms with Crippen LogP contribution < -0.4 is 10.1 Å². The van der Waals surface area contributed by atoms with E-state index in [0.717, 1.165) is 4.90 Å². The number of nitrogens with zero attached hydrogens (tertiary/aromatic N) is 1. The zero-order valence-corrected chi connectivity index (χ0v) is 17.8. The summed E-state index contributed by atoms with van der Waals surface area (Å²) in [6.45, 7) is 1.88. The molecule has 3 rings (SSSR count). The third kappa shape index (κ3) is 4.76. The van der Waals surface area contributed by atoms with Gasteiger partial charge in [0.15, 0.2) is 0 Å². The van der Waals surface area contributed by atoms with Crippen LogP contribution in [0.25, 0.3) is 0 Å². The van der Waals surface area contributed by atoms with Crippen LogP contribution in [-0.4, -0.2) is 43.4 Å². The highest BCUT2D eigenvalue weighted by atomic mass is 32.2. The van der Waals surface area contributed by atoms with Crippen LogP contribution in [0.4, 0.5) is 9.18 Å². The molecule has 8 heteroatoms. The van der Waals surface area contributed by atoms with E-state index in [9.17, 15) is 14.0 Å². The van der Waals surface area contributed by atoms with Gasteiger partial charge in [-0.1, -0.05) is 12.1 Å². The number of urea groups is 1. The summed E-state index contributed by atoms with van der Waals surface area (Å²) in [5.74, 6) is -0.354. The van der Waals surface area contributed by atoms with Crippen molar-refractivity contribution < 1.29 is 23.5 Å². The van der Waals surface area contributed by atoms with Gasteiger partial charge >= 0.3 is 12.0 Å². The number of amides is 2. The molecule has 6 nitrogen and oxygen atoms in total. The second-order valence-electron chi connectivity index (χ2n) is 6.54. The Morgan fingerprint density at radius 1 is 1.17 bits per heavy atom. The number of thioether (sulfide) groups is 1. The van der Waals surface area contributed by atoms with E-state index in [0.29, 0.717) is 17.0 Å². The Hall–Kier alpha value is -3.00. The van der Waals surface area contributed by atoms with Crippen molar-refractivity contribution >= 4 is 23.8 Å². The number of carbonyl (C=O) groups excluding carboxylic acids is 2. The zero-order chi connectivity index (χ0) is 21.7. The molecule has 2 amide bonds. The Bertz CT molecular complexity index is 945. The molecule has 0 bridgehead atoms. The maximum atomic E-state index is 13.4. The lowest BCUT2D eigenvalue weighted by Gasteiger charge is -2.34. The highest BCUT2D eigenvalue weighted by molar-refractivity contribution is 7.98. The molecule has 0 spiro atoms. The Morgan fingerprint density at radius 2 is 1.83 bits per heavy atom. The SMILES string of the molecule is CCOC(=O)C1=C(COc2ccc(SC)cc2)N(C)C(=O)N[C@H]1c1ccc(F)cc1. The fourth-order valence-electron chi connectivity index (χ4n) is 3.11. The molecule has 0 fully saturated rings. The molecule has 0 unspecified atom stereocenters. The second-order valence-corrected chi connectivity index (χ2v) is 7.42.